The molecule has 1 fully saturated rings. The van der Waals surface area contributed by atoms with Crippen LogP contribution >= 0.6 is 0 Å². The Kier molecular flexibility index (Phi) is 5.02. The molecule has 0 aliphatic carbocycles. The lowest BCUT2D eigenvalue weighted by Gasteiger charge is -2.25. The van der Waals surface area contributed by atoms with Crippen LogP contribution in [0.1, 0.15) is 52.8 Å². The Labute approximate surface area is 122 Å². The van der Waals surface area contributed by atoms with Crippen LogP contribution in [-0.2, 0) is 6.54 Å². The van der Waals surface area contributed by atoms with Crippen LogP contribution in [-0.4, -0.2) is 29.8 Å². The number of anilines is 1. The van der Waals surface area contributed by atoms with Crippen LogP contribution in [0, 0.1) is 11.3 Å². The van der Waals surface area contributed by atoms with E-state index in [2.05, 4.69) is 48.1 Å². The molecule has 0 amide bonds. The summed E-state index contributed by atoms with van der Waals surface area (Å²) in [6.07, 6.45) is 3.66. The van der Waals surface area contributed by atoms with Gasteiger partial charge in [-0.3, -0.25) is 0 Å². The summed E-state index contributed by atoms with van der Waals surface area (Å²) in [4.78, 5) is 2.24. The molecule has 5 heteroatoms. The Morgan fingerprint density at radius 2 is 2.05 bits per heavy atom. The molecule has 1 N–H and O–H groups in total. The van der Waals surface area contributed by atoms with Crippen LogP contribution in [0.15, 0.2) is 4.42 Å². The average Bonchev–Trinajstić information content (AvgIpc) is 3.05. The van der Waals surface area contributed by atoms with Gasteiger partial charge < -0.3 is 14.6 Å². The molecule has 0 atom stereocenters. The van der Waals surface area contributed by atoms with Crippen LogP contribution in [0.2, 0.25) is 0 Å². The number of aromatic nitrogens is 2. The van der Waals surface area contributed by atoms with Crippen molar-refractivity contribution in [3.05, 3.63) is 5.89 Å². The fourth-order valence-corrected chi connectivity index (χ4v) is 2.84. The Morgan fingerprint density at radius 3 is 2.65 bits per heavy atom. The molecule has 1 aliphatic rings. The number of rotatable bonds is 7. The van der Waals surface area contributed by atoms with E-state index in [1.54, 1.807) is 0 Å². The second-order valence-corrected chi connectivity index (χ2v) is 6.38. The lowest BCUT2D eigenvalue weighted by molar-refractivity contribution is 0.300. The van der Waals surface area contributed by atoms with Crippen molar-refractivity contribution >= 4 is 6.01 Å². The summed E-state index contributed by atoms with van der Waals surface area (Å²) in [5, 5.41) is 11.7. The SMILES string of the molecule is CCC1(CC)CCN(c2nnc(CNCC(C)C)o2)C1. The van der Waals surface area contributed by atoms with E-state index in [-0.39, 0.29) is 0 Å². The fourth-order valence-electron chi connectivity index (χ4n) is 2.84. The summed E-state index contributed by atoms with van der Waals surface area (Å²) in [7, 11) is 0. The lowest BCUT2D eigenvalue weighted by Crippen LogP contribution is -2.26. The van der Waals surface area contributed by atoms with Crippen molar-refractivity contribution in [2.45, 2.75) is 53.5 Å². The first-order chi connectivity index (χ1) is 9.58. The minimum absolute atomic E-state index is 0.435. The molecule has 2 rings (SSSR count). The summed E-state index contributed by atoms with van der Waals surface area (Å²) >= 11 is 0. The van der Waals surface area contributed by atoms with Gasteiger partial charge in [-0.1, -0.05) is 32.8 Å². The number of nitrogens with zero attached hydrogens (tertiary/aromatic N) is 3. The maximum atomic E-state index is 5.77. The van der Waals surface area contributed by atoms with E-state index >= 15 is 0 Å². The quantitative estimate of drug-likeness (QED) is 0.832. The number of hydrogen-bond donors (Lipinski definition) is 1. The molecule has 0 bridgehead atoms. The second kappa shape index (κ2) is 6.57. The normalized spacial score (nSPS) is 18.1. The number of hydrogen-bond acceptors (Lipinski definition) is 5. The molecule has 1 aromatic rings. The predicted molar refractivity (Wildman–Crippen MR) is 80.7 cm³/mol. The third-order valence-corrected chi connectivity index (χ3v) is 4.49. The van der Waals surface area contributed by atoms with Crippen molar-refractivity contribution in [1.29, 1.82) is 0 Å². The Bertz CT molecular complexity index is 412. The summed E-state index contributed by atoms with van der Waals surface area (Å²) < 4.78 is 5.77. The van der Waals surface area contributed by atoms with Crippen molar-refractivity contribution in [2.24, 2.45) is 11.3 Å². The van der Waals surface area contributed by atoms with Crippen molar-refractivity contribution in [3.8, 4) is 0 Å². The molecular formula is C15H28N4O. The first kappa shape index (κ1) is 15.3. The van der Waals surface area contributed by atoms with Crippen molar-refractivity contribution < 1.29 is 4.42 Å². The largest absolute Gasteiger partial charge is 0.407 e. The van der Waals surface area contributed by atoms with Gasteiger partial charge in [0.05, 0.1) is 6.54 Å². The molecule has 2 heterocycles. The standard InChI is InChI=1S/C15H28N4O/c1-5-15(6-2)7-8-19(11-15)14-18-17-13(20-14)10-16-9-12(3)4/h12,16H,5-11H2,1-4H3. The van der Waals surface area contributed by atoms with Crippen LogP contribution in [0.4, 0.5) is 6.01 Å². The van der Waals surface area contributed by atoms with E-state index in [9.17, 15) is 0 Å². The van der Waals surface area contributed by atoms with E-state index in [0.29, 0.717) is 29.8 Å². The van der Waals surface area contributed by atoms with Crippen molar-refractivity contribution in [1.82, 2.24) is 15.5 Å². The summed E-state index contributed by atoms with van der Waals surface area (Å²) in [6, 6.07) is 0.690. The van der Waals surface area contributed by atoms with E-state index in [4.69, 9.17) is 4.42 Å². The summed E-state index contributed by atoms with van der Waals surface area (Å²) in [5.74, 6) is 1.32. The molecule has 0 radical (unpaired) electrons. The highest BCUT2D eigenvalue weighted by Gasteiger charge is 2.36. The molecule has 114 valence electrons. The molecule has 20 heavy (non-hydrogen) atoms. The Hall–Kier alpha value is -1.10. The summed E-state index contributed by atoms with van der Waals surface area (Å²) in [6.45, 7) is 12.6. The first-order valence-electron chi connectivity index (χ1n) is 7.86. The van der Waals surface area contributed by atoms with Crippen LogP contribution < -0.4 is 10.2 Å². The minimum atomic E-state index is 0.435. The average molecular weight is 280 g/mol. The molecule has 0 unspecified atom stereocenters. The minimum Gasteiger partial charge on any atom is -0.407 e. The monoisotopic (exact) mass is 280 g/mol. The smallest absolute Gasteiger partial charge is 0.318 e. The second-order valence-electron chi connectivity index (χ2n) is 6.38. The van der Waals surface area contributed by atoms with Crippen LogP contribution in [0.25, 0.3) is 0 Å². The molecule has 0 spiro atoms. The van der Waals surface area contributed by atoms with Gasteiger partial charge in [0.2, 0.25) is 5.89 Å². The van der Waals surface area contributed by atoms with Gasteiger partial charge in [-0.15, -0.1) is 5.10 Å². The third kappa shape index (κ3) is 3.51. The highest BCUT2D eigenvalue weighted by molar-refractivity contribution is 5.28. The number of nitrogens with one attached hydrogen (secondary N) is 1. The highest BCUT2D eigenvalue weighted by Crippen LogP contribution is 2.38. The van der Waals surface area contributed by atoms with Gasteiger partial charge in [0.25, 0.3) is 0 Å². The van der Waals surface area contributed by atoms with E-state index in [1.165, 1.54) is 19.3 Å². The molecule has 0 saturated carbocycles. The van der Waals surface area contributed by atoms with Crippen molar-refractivity contribution in [2.75, 3.05) is 24.5 Å². The van der Waals surface area contributed by atoms with E-state index in [1.807, 2.05) is 0 Å². The van der Waals surface area contributed by atoms with Gasteiger partial charge in [0.15, 0.2) is 0 Å². The zero-order chi connectivity index (χ0) is 14.6. The zero-order valence-corrected chi connectivity index (χ0v) is 13.3. The van der Waals surface area contributed by atoms with Gasteiger partial charge >= 0.3 is 6.01 Å². The molecular weight excluding hydrogens is 252 g/mol. The maximum absolute atomic E-state index is 5.77. The van der Waals surface area contributed by atoms with Gasteiger partial charge in [-0.25, -0.2) is 0 Å². The third-order valence-electron chi connectivity index (χ3n) is 4.49. The van der Waals surface area contributed by atoms with Gasteiger partial charge in [0, 0.05) is 13.1 Å². The van der Waals surface area contributed by atoms with Gasteiger partial charge in [-0.05, 0) is 37.1 Å². The Morgan fingerprint density at radius 1 is 1.30 bits per heavy atom. The van der Waals surface area contributed by atoms with Crippen molar-refractivity contribution in [3.63, 3.8) is 0 Å². The van der Waals surface area contributed by atoms with E-state index in [0.717, 1.165) is 19.6 Å². The lowest BCUT2D eigenvalue weighted by atomic mass is 9.82. The zero-order valence-electron chi connectivity index (χ0n) is 13.3. The molecule has 1 saturated heterocycles. The van der Waals surface area contributed by atoms with Gasteiger partial charge in [-0.2, -0.15) is 0 Å². The molecule has 1 aromatic heterocycles. The van der Waals surface area contributed by atoms with Gasteiger partial charge in [0.1, 0.15) is 0 Å². The van der Waals surface area contributed by atoms with Crippen LogP contribution in [0.3, 0.4) is 0 Å². The first-order valence-corrected chi connectivity index (χ1v) is 7.86. The van der Waals surface area contributed by atoms with Crippen LogP contribution in [0.5, 0.6) is 0 Å². The maximum Gasteiger partial charge on any atom is 0.318 e. The summed E-state index contributed by atoms with van der Waals surface area (Å²) in [5.41, 5.74) is 0.435. The Balaban J connectivity index is 1.90. The predicted octanol–water partition coefficient (Wildman–Crippen LogP) is 2.83. The molecule has 1 aliphatic heterocycles. The molecule has 0 aromatic carbocycles. The van der Waals surface area contributed by atoms with E-state index < -0.39 is 0 Å². The fraction of sp³-hybridized carbons (Fsp3) is 0.867. The highest BCUT2D eigenvalue weighted by atomic mass is 16.4. The molecule has 5 nitrogen and oxygen atoms in total. The topological polar surface area (TPSA) is 54.2 Å².